The van der Waals surface area contributed by atoms with E-state index >= 15 is 0 Å². The maximum atomic E-state index is 5.49. The minimum absolute atomic E-state index is 0.667. The Bertz CT molecular complexity index is 103. The van der Waals surface area contributed by atoms with Crippen molar-refractivity contribution >= 4 is 0 Å². The molecule has 3 N–H and O–H groups in total. The Balaban J connectivity index is 1.97. The van der Waals surface area contributed by atoms with Crippen molar-refractivity contribution in [1.29, 1.82) is 0 Å². The van der Waals surface area contributed by atoms with Crippen LogP contribution >= 0.6 is 0 Å². The van der Waals surface area contributed by atoms with Gasteiger partial charge in [0.05, 0.1) is 0 Å². The molecule has 2 nitrogen and oxygen atoms in total. The second-order valence-electron chi connectivity index (χ2n) is 2.91. The molecule has 3 atom stereocenters. The molecule has 2 heteroatoms. The average Bonchev–Trinajstić information content (AvgIpc) is 2.46. The lowest BCUT2D eigenvalue weighted by Crippen LogP contribution is -2.33. The van der Waals surface area contributed by atoms with E-state index in [4.69, 9.17) is 5.73 Å². The second-order valence-corrected chi connectivity index (χ2v) is 2.91. The van der Waals surface area contributed by atoms with Gasteiger partial charge in [0.15, 0.2) is 0 Å². The lowest BCUT2D eigenvalue weighted by molar-refractivity contribution is 0.543. The highest BCUT2D eigenvalue weighted by atomic mass is 15.0. The molecule has 2 fully saturated rings. The molecule has 0 aromatic carbocycles. The first-order chi connectivity index (χ1) is 3.92. The van der Waals surface area contributed by atoms with Crippen LogP contribution in [0.15, 0.2) is 0 Å². The minimum atomic E-state index is 0.667. The highest BCUT2D eigenvalue weighted by Gasteiger charge is 2.46. The van der Waals surface area contributed by atoms with Crippen molar-refractivity contribution in [3.05, 3.63) is 0 Å². The maximum Gasteiger partial charge on any atom is 0.0221 e. The Labute approximate surface area is 49.4 Å². The SMILES string of the molecule is NC[C@@H]1NC[C@@H]2C[C@@H]21. The van der Waals surface area contributed by atoms with Crippen molar-refractivity contribution in [1.82, 2.24) is 5.32 Å². The summed E-state index contributed by atoms with van der Waals surface area (Å²) in [7, 11) is 0. The molecule has 2 aliphatic rings. The van der Waals surface area contributed by atoms with Crippen LogP contribution in [0.5, 0.6) is 0 Å². The first-order valence-electron chi connectivity index (χ1n) is 3.35. The van der Waals surface area contributed by atoms with Crippen molar-refractivity contribution < 1.29 is 0 Å². The van der Waals surface area contributed by atoms with Crippen LogP contribution in [0.2, 0.25) is 0 Å². The monoisotopic (exact) mass is 112 g/mol. The third kappa shape index (κ3) is 0.501. The molecule has 0 bridgehead atoms. The van der Waals surface area contributed by atoms with E-state index in [2.05, 4.69) is 5.32 Å². The van der Waals surface area contributed by atoms with Gasteiger partial charge in [-0.25, -0.2) is 0 Å². The summed E-state index contributed by atoms with van der Waals surface area (Å²) >= 11 is 0. The van der Waals surface area contributed by atoms with Gasteiger partial charge in [0.2, 0.25) is 0 Å². The van der Waals surface area contributed by atoms with Crippen LogP contribution in [0.1, 0.15) is 6.42 Å². The largest absolute Gasteiger partial charge is 0.329 e. The Kier molecular flexibility index (Phi) is 0.866. The number of rotatable bonds is 1. The number of nitrogens with one attached hydrogen (secondary N) is 1. The fraction of sp³-hybridized carbons (Fsp3) is 1.00. The third-order valence-electron chi connectivity index (χ3n) is 2.39. The molecule has 1 aliphatic heterocycles. The third-order valence-corrected chi connectivity index (χ3v) is 2.39. The molecule has 0 aromatic heterocycles. The lowest BCUT2D eigenvalue weighted by Gasteiger charge is -2.07. The van der Waals surface area contributed by atoms with E-state index in [1.807, 2.05) is 0 Å². The van der Waals surface area contributed by atoms with E-state index in [1.54, 1.807) is 0 Å². The van der Waals surface area contributed by atoms with Crippen molar-refractivity contribution in [2.75, 3.05) is 13.1 Å². The highest BCUT2D eigenvalue weighted by molar-refractivity contribution is 5.02. The minimum Gasteiger partial charge on any atom is -0.329 e. The van der Waals surface area contributed by atoms with Crippen molar-refractivity contribution in [3.63, 3.8) is 0 Å². The zero-order chi connectivity index (χ0) is 5.56. The topological polar surface area (TPSA) is 38.0 Å². The molecule has 0 radical (unpaired) electrons. The van der Waals surface area contributed by atoms with Crippen molar-refractivity contribution in [2.45, 2.75) is 12.5 Å². The molecular formula is C6H12N2. The smallest absolute Gasteiger partial charge is 0.0221 e. The van der Waals surface area contributed by atoms with Crippen LogP contribution in [0.25, 0.3) is 0 Å². The first-order valence-corrected chi connectivity index (χ1v) is 3.35. The van der Waals surface area contributed by atoms with E-state index in [9.17, 15) is 0 Å². The van der Waals surface area contributed by atoms with Crippen molar-refractivity contribution in [2.24, 2.45) is 17.6 Å². The van der Waals surface area contributed by atoms with Gasteiger partial charge in [-0.2, -0.15) is 0 Å². The highest BCUT2D eigenvalue weighted by Crippen LogP contribution is 2.44. The molecule has 0 amide bonds. The van der Waals surface area contributed by atoms with E-state index in [0.717, 1.165) is 18.4 Å². The van der Waals surface area contributed by atoms with Crippen LogP contribution in [-0.4, -0.2) is 19.1 Å². The Morgan fingerprint density at radius 2 is 2.50 bits per heavy atom. The van der Waals surface area contributed by atoms with Gasteiger partial charge in [0.1, 0.15) is 0 Å². The number of nitrogens with two attached hydrogens (primary N) is 1. The van der Waals surface area contributed by atoms with Crippen LogP contribution in [0, 0.1) is 11.8 Å². The van der Waals surface area contributed by atoms with E-state index in [1.165, 1.54) is 13.0 Å². The summed E-state index contributed by atoms with van der Waals surface area (Å²) in [5, 5.41) is 3.38. The quantitative estimate of drug-likeness (QED) is 0.482. The summed E-state index contributed by atoms with van der Waals surface area (Å²) in [6.45, 7) is 2.06. The van der Waals surface area contributed by atoms with Gasteiger partial charge in [-0.15, -0.1) is 0 Å². The summed E-state index contributed by atoms with van der Waals surface area (Å²) in [5.74, 6) is 1.96. The number of hydrogen-bond donors (Lipinski definition) is 2. The predicted molar refractivity (Wildman–Crippen MR) is 32.4 cm³/mol. The standard InChI is InChI=1S/C6H12N2/c7-2-6-5-1-4(5)3-8-6/h4-6,8H,1-3,7H2/t4-,5-,6-/m0/s1. The van der Waals surface area contributed by atoms with Gasteiger partial charge >= 0.3 is 0 Å². The van der Waals surface area contributed by atoms with Crippen LogP contribution in [0.4, 0.5) is 0 Å². The molecule has 2 rings (SSSR count). The zero-order valence-corrected chi connectivity index (χ0v) is 4.93. The van der Waals surface area contributed by atoms with Gasteiger partial charge in [-0.05, 0) is 24.8 Å². The van der Waals surface area contributed by atoms with E-state index in [-0.39, 0.29) is 0 Å². The van der Waals surface area contributed by atoms with Gasteiger partial charge in [0, 0.05) is 12.6 Å². The number of piperidine rings is 1. The summed E-state index contributed by atoms with van der Waals surface area (Å²) in [6, 6.07) is 0.667. The molecule has 1 aliphatic carbocycles. The first kappa shape index (κ1) is 4.77. The van der Waals surface area contributed by atoms with Gasteiger partial charge < -0.3 is 11.1 Å². The number of hydrogen-bond acceptors (Lipinski definition) is 2. The van der Waals surface area contributed by atoms with Gasteiger partial charge in [-0.1, -0.05) is 0 Å². The van der Waals surface area contributed by atoms with Gasteiger partial charge in [0.25, 0.3) is 0 Å². The molecule has 8 heavy (non-hydrogen) atoms. The van der Waals surface area contributed by atoms with Crippen LogP contribution < -0.4 is 11.1 Å². The Morgan fingerprint density at radius 3 is 2.75 bits per heavy atom. The molecule has 0 unspecified atom stereocenters. The van der Waals surface area contributed by atoms with E-state index < -0.39 is 0 Å². The summed E-state index contributed by atoms with van der Waals surface area (Å²) in [5.41, 5.74) is 5.49. The second kappa shape index (κ2) is 1.45. The molecule has 1 saturated heterocycles. The molecule has 0 aromatic rings. The summed E-state index contributed by atoms with van der Waals surface area (Å²) in [6.07, 6.45) is 1.44. The molecule has 46 valence electrons. The van der Waals surface area contributed by atoms with Crippen LogP contribution in [-0.2, 0) is 0 Å². The van der Waals surface area contributed by atoms with Crippen LogP contribution in [0.3, 0.4) is 0 Å². The average molecular weight is 112 g/mol. The fourth-order valence-electron chi connectivity index (χ4n) is 1.71. The molecular weight excluding hydrogens is 100 g/mol. The fourth-order valence-corrected chi connectivity index (χ4v) is 1.71. The summed E-state index contributed by atoms with van der Waals surface area (Å²) < 4.78 is 0. The Hall–Kier alpha value is -0.0800. The molecule has 1 heterocycles. The van der Waals surface area contributed by atoms with Crippen molar-refractivity contribution in [3.8, 4) is 0 Å². The maximum absolute atomic E-state index is 5.49. The lowest BCUT2D eigenvalue weighted by atomic mass is 10.2. The van der Waals surface area contributed by atoms with Gasteiger partial charge in [-0.3, -0.25) is 0 Å². The summed E-state index contributed by atoms with van der Waals surface area (Å²) in [4.78, 5) is 0. The van der Waals surface area contributed by atoms with E-state index in [0.29, 0.717) is 6.04 Å². The molecule has 0 spiro atoms. The molecule has 1 saturated carbocycles. The number of fused-ring (bicyclic) bond motifs is 1. The normalized spacial score (nSPS) is 51.4. The zero-order valence-electron chi connectivity index (χ0n) is 4.93. The predicted octanol–water partition coefficient (Wildman–Crippen LogP) is -0.447. The Morgan fingerprint density at radius 1 is 1.62 bits per heavy atom.